The Balaban J connectivity index is 0.000000310. The fourth-order valence-electron chi connectivity index (χ4n) is 0.427. The van der Waals surface area contributed by atoms with E-state index in [-0.39, 0.29) is 17.8 Å². The Morgan fingerprint density at radius 1 is 0.923 bits per heavy atom. The van der Waals surface area contributed by atoms with E-state index in [4.69, 9.17) is 31.3 Å². The lowest BCUT2D eigenvalue weighted by Crippen LogP contribution is -2.05. The third kappa shape index (κ3) is 6.43. The number of nitrogens with two attached hydrogens (primary N) is 3. The van der Waals surface area contributed by atoms with E-state index in [1.165, 1.54) is 0 Å². The molecule has 10 heteroatoms. The first-order chi connectivity index (χ1) is 5.91. The van der Waals surface area contributed by atoms with Gasteiger partial charge in [-0.2, -0.15) is 15.0 Å². The van der Waals surface area contributed by atoms with Gasteiger partial charge in [-0.15, -0.1) is 0 Å². The molecule has 0 spiro atoms. The Hall–Kier alpha value is -1.97. The zero-order chi connectivity index (χ0) is 10.4. The van der Waals surface area contributed by atoms with Crippen molar-refractivity contribution in [2.24, 2.45) is 0 Å². The first-order valence-corrected chi connectivity index (χ1v) is 4.16. The zero-order valence-corrected chi connectivity index (χ0v) is 7.38. The minimum atomic E-state index is -3.13. The average molecular weight is 204 g/mol. The van der Waals surface area contributed by atoms with Gasteiger partial charge >= 0.3 is 9.17 Å². The number of anilines is 3. The Bertz CT molecular complexity index is 251. The number of nitrogen functional groups attached to an aromatic ring is 3. The van der Waals surface area contributed by atoms with Gasteiger partial charge in [-0.25, -0.2) is 0 Å². The highest BCUT2D eigenvalue weighted by molar-refractivity contribution is 6.22. The predicted octanol–water partition coefficient (Wildman–Crippen LogP) is -3.00. The SMILES string of the molecule is Nc1nc(N)nc(N)n1.O=[Si](O)O. The summed E-state index contributed by atoms with van der Waals surface area (Å²) >= 11 is 0. The number of aromatic nitrogens is 3. The highest BCUT2D eigenvalue weighted by Gasteiger charge is 1.93. The molecule has 0 bridgehead atoms. The van der Waals surface area contributed by atoms with Gasteiger partial charge in [0.1, 0.15) is 0 Å². The van der Waals surface area contributed by atoms with Crippen LogP contribution in [0.3, 0.4) is 0 Å². The van der Waals surface area contributed by atoms with Crippen LogP contribution in [-0.2, 0) is 4.46 Å². The monoisotopic (exact) mass is 204 g/mol. The van der Waals surface area contributed by atoms with Crippen LogP contribution in [0.15, 0.2) is 0 Å². The predicted molar refractivity (Wildman–Crippen MR) is 43.9 cm³/mol. The smallest absolute Gasteiger partial charge is 0.511 e. The molecule has 1 heterocycles. The molecule has 0 aliphatic carbocycles. The Kier molecular flexibility index (Phi) is 4.08. The third-order valence-corrected chi connectivity index (χ3v) is 0.687. The molecule has 0 saturated carbocycles. The van der Waals surface area contributed by atoms with E-state index in [2.05, 4.69) is 15.0 Å². The van der Waals surface area contributed by atoms with E-state index in [1.54, 1.807) is 0 Å². The standard InChI is InChI=1S/C3H6N6.H2O3Si/c4-1-7-2(5)9-3(6)8-1;1-4(2)3/h(H6,4,5,6,7,8,9);1-2H. The van der Waals surface area contributed by atoms with E-state index >= 15 is 0 Å². The van der Waals surface area contributed by atoms with Crippen molar-refractivity contribution in [2.75, 3.05) is 17.2 Å². The Morgan fingerprint density at radius 3 is 1.23 bits per heavy atom. The van der Waals surface area contributed by atoms with Crippen molar-refractivity contribution in [3.8, 4) is 0 Å². The summed E-state index contributed by atoms with van der Waals surface area (Å²) in [5.74, 6) is 0.125. The summed E-state index contributed by atoms with van der Waals surface area (Å²) in [4.78, 5) is 24.8. The molecule has 0 fully saturated rings. The molecule has 0 radical (unpaired) electrons. The van der Waals surface area contributed by atoms with Crippen LogP contribution in [0.4, 0.5) is 17.8 Å². The van der Waals surface area contributed by atoms with Crippen molar-refractivity contribution in [1.29, 1.82) is 0 Å². The summed E-state index contributed by atoms with van der Waals surface area (Å²) in [6.07, 6.45) is 0. The van der Waals surface area contributed by atoms with Crippen LogP contribution in [0.1, 0.15) is 0 Å². The van der Waals surface area contributed by atoms with Crippen molar-refractivity contribution >= 4 is 27.0 Å². The second-order valence-corrected chi connectivity index (χ2v) is 2.26. The molecule has 8 N–H and O–H groups in total. The van der Waals surface area contributed by atoms with Crippen molar-refractivity contribution in [2.45, 2.75) is 0 Å². The highest BCUT2D eigenvalue weighted by atomic mass is 28.3. The lowest BCUT2D eigenvalue weighted by Gasteiger charge is -1.93. The molecular weight excluding hydrogens is 196 g/mol. The van der Waals surface area contributed by atoms with E-state index in [0.717, 1.165) is 0 Å². The van der Waals surface area contributed by atoms with Crippen molar-refractivity contribution in [1.82, 2.24) is 15.0 Å². The quantitative estimate of drug-likeness (QED) is 0.276. The molecule has 9 nitrogen and oxygen atoms in total. The lowest BCUT2D eigenvalue weighted by molar-refractivity contribution is 0.330. The van der Waals surface area contributed by atoms with Gasteiger partial charge in [0.25, 0.3) is 0 Å². The molecule has 0 unspecified atom stereocenters. The van der Waals surface area contributed by atoms with E-state index in [9.17, 15) is 0 Å². The average Bonchev–Trinajstić information content (AvgIpc) is 1.80. The highest BCUT2D eigenvalue weighted by Crippen LogP contribution is 1.97. The maximum Gasteiger partial charge on any atom is 0.761 e. The van der Waals surface area contributed by atoms with Crippen molar-refractivity contribution < 1.29 is 14.1 Å². The maximum absolute atomic E-state index is 8.74. The molecule has 0 amide bonds. The number of nitrogens with zero attached hydrogens (tertiary/aromatic N) is 3. The van der Waals surface area contributed by atoms with Crippen LogP contribution in [0.25, 0.3) is 0 Å². The number of hydrogen-bond acceptors (Lipinski definition) is 7. The van der Waals surface area contributed by atoms with Crippen LogP contribution in [0.5, 0.6) is 0 Å². The van der Waals surface area contributed by atoms with E-state index in [1.807, 2.05) is 0 Å². The Labute approximate surface area is 74.2 Å². The largest absolute Gasteiger partial charge is 0.761 e. The molecule has 0 aliphatic heterocycles. The fraction of sp³-hybridized carbons (Fsp3) is 0. The first kappa shape index (κ1) is 11.0. The molecular formula is C3H8N6O3Si. The van der Waals surface area contributed by atoms with Crippen LogP contribution >= 0.6 is 0 Å². The Morgan fingerprint density at radius 2 is 1.08 bits per heavy atom. The lowest BCUT2D eigenvalue weighted by atomic mass is 10.9. The van der Waals surface area contributed by atoms with Crippen LogP contribution in [-0.4, -0.2) is 33.7 Å². The minimum Gasteiger partial charge on any atom is -0.511 e. The molecule has 0 saturated heterocycles. The zero-order valence-electron chi connectivity index (χ0n) is 6.38. The summed E-state index contributed by atoms with van der Waals surface area (Å²) < 4.78 is 8.74. The van der Waals surface area contributed by atoms with Gasteiger partial charge in [0.15, 0.2) is 0 Å². The van der Waals surface area contributed by atoms with Gasteiger partial charge in [0, 0.05) is 0 Å². The summed E-state index contributed by atoms with van der Waals surface area (Å²) in [5.41, 5.74) is 15.4. The molecule has 72 valence electrons. The molecule has 1 aromatic rings. The van der Waals surface area contributed by atoms with Crippen molar-refractivity contribution in [3.05, 3.63) is 0 Å². The maximum atomic E-state index is 8.74. The normalized spacial score (nSPS) is 8.31. The van der Waals surface area contributed by atoms with Gasteiger partial charge < -0.3 is 26.8 Å². The molecule has 13 heavy (non-hydrogen) atoms. The van der Waals surface area contributed by atoms with Crippen LogP contribution in [0, 0.1) is 0 Å². The van der Waals surface area contributed by atoms with E-state index in [0.29, 0.717) is 0 Å². The van der Waals surface area contributed by atoms with Gasteiger partial charge in [0.2, 0.25) is 17.8 Å². The van der Waals surface area contributed by atoms with E-state index < -0.39 is 9.17 Å². The second kappa shape index (κ2) is 4.81. The molecule has 0 aliphatic rings. The van der Waals surface area contributed by atoms with Gasteiger partial charge in [-0.05, 0) is 0 Å². The van der Waals surface area contributed by atoms with Gasteiger partial charge in [0.05, 0.1) is 0 Å². The first-order valence-electron chi connectivity index (χ1n) is 2.86. The molecule has 1 rings (SSSR count). The van der Waals surface area contributed by atoms with Crippen LogP contribution < -0.4 is 17.2 Å². The van der Waals surface area contributed by atoms with Gasteiger partial charge in [-0.1, -0.05) is 0 Å². The van der Waals surface area contributed by atoms with Crippen LogP contribution in [0.2, 0.25) is 0 Å². The second-order valence-electron chi connectivity index (χ2n) is 1.69. The van der Waals surface area contributed by atoms with Crippen molar-refractivity contribution in [3.63, 3.8) is 0 Å². The third-order valence-electron chi connectivity index (χ3n) is 0.687. The topological polar surface area (TPSA) is 174 Å². The fourth-order valence-corrected chi connectivity index (χ4v) is 0.427. The summed E-state index contributed by atoms with van der Waals surface area (Å²) in [7, 11) is -3.13. The summed E-state index contributed by atoms with van der Waals surface area (Å²) in [5, 5.41) is 0. The minimum absolute atomic E-state index is 0.0417. The number of rotatable bonds is 0. The number of hydrogen-bond donors (Lipinski definition) is 5. The molecule has 0 atom stereocenters. The summed E-state index contributed by atoms with van der Waals surface area (Å²) in [6, 6.07) is 0. The van der Waals surface area contributed by atoms with Gasteiger partial charge in [-0.3, -0.25) is 4.46 Å². The summed E-state index contributed by atoms with van der Waals surface area (Å²) in [6.45, 7) is 0. The molecule has 0 aromatic carbocycles. The molecule has 1 aromatic heterocycles.